The first-order chi connectivity index (χ1) is 15.0. The van der Waals surface area contributed by atoms with Crippen LogP contribution in [-0.4, -0.2) is 60.6 Å². The van der Waals surface area contributed by atoms with Crippen molar-refractivity contribution in [1.82, 2.24) is 0 Å². The lowest BCUT2D eigenvalue weighted by molar-refractivity contribution is -0.309. The van der Waals surface area contributed by atoms with Gasteiger partial charge < -0.3 is 33.9 Å². The number of esters is 1. The standard InChI is InChI=1S/C23H28O8/c1-15(25)30-20-19(12-24)31-23(26)22(21(20)28-13-16-6-4-3-5-7-16)29-14-17-8-10-18(27-2)11-9-17/h3-11,19-24,26H,12-14H2,1-2H3/t19-,20+,21+,22-,23-/m0/s1. The molecule has 2 aromatic carbocycles. The molecule has 0 radical (unpaired) electrons. The van der Waals surface area contributed by atoms with Gasteiger partial charge in [0.1, 0.15) is 24.1 Å². The van der Waals surface area contributed by atoms with Crippen LogP contribution in [0.5, 0.6) is 5.75 Å². The second-order valence-corrected chi connectivity index (χ2v) is 7.21. The smallest absolute Gasteiger partial charge is 0.303 e. The molecule has 5 atom stereocenters. The molecule has 2 N–H and O–H groups in total. The van der Waals surface area contributed by atoms with E-state index in [1.807, 2.05) is 42.5 Å². The minimum atomic E-state index is -1.37. The first kappa shape index (κ1) is 23.2. The number of rotatable bonds is 9. The van der Waals surface area contributed by atoms with Gasteiger partial charge in [0.25, 0.3) is 0 Å². The predicted molar refractivity (Wildman–Crippen MR) is 110 cm³/mol. The summed E-state index contributed by atoms with van der Waals surface area (Å²) in [5, 5.41) is 20.3. The Kier molecular flexibility index (Phi) is 8.39. The van der Waals surface area contributed by atoms with Gasteiger partial charge in [-0.1, -0.05) is 42.5 Å². The molecule has 0 aromatic heterocycles. The summed E-state index contributed by atoms with van der Waals surface area (Å²) in [4.78, 5) is 11.7. The van der Waals surface area contributed by atoms with Crippen LogP contribution in [0.4, 0.5) is 0 Å². The fourth-order valence-electron chi connectivity index (χ4n) is 3.42. The Morgan fingerprint density at radius 2 is 1.55 bits per heavy atom. The summed E-state index contributed by atoms with van der Waals surface area (Å²) in [5.41, 5.74) is 1.75. The lowest BCUT2D eigenvalue weighted by Gasteiger charge is -2.43. The molecular formula is C23H28O8. The Labute approximate surface area is 181 Å². The van der Waals surface area contributed by atoms with Crippen molar-refractivity contribution < 1.29 is 38.7 Å². The molecule has 3 rings (SSSR count). The lowest BCUT2D eigenvalue weighted by Crippen LogP contribution is -2.61. The average Bonchev–Trinajstić information content (AvgIpc) is 2.78. The van der Waals surface area contributed by atoms with E-state index in [0.717, 1.165) is 16.9 Å². The molecule has 1 fully saturated rings. The number of hydrogen-bond acceptors (Lipinski definition) is 8. The Morgan fingerprint density at radius 1 is 0.935 bits per heavy atom. The maximum Gasteiger partial charge on any atom is 0.303 e. The number of ether oxygens (including phenoxy) is 5. The number of methoxy groups -OCH3 is 1. The highest BCUT2D eigenvalue weighted by Gasteiger charge is 2.48. The minimum absolute atomic E-state index is 0.164. The van der Waals surface area contributed by atoms with E-state index in [2.05, 4.69) is 0 Å². The van der Waals surface area contributed by atoms with Crippen LogP contribution >= 0.6 is 0 Å². The van der Waals surface area contributed by atoms with Crippen LogP contribution < -0.4 is 4.74 Å². The SMILES string of the molecule is COc1ccc(CO[C@H]2[C@H](OCc3ccccc3)[C@H](OC(C)=O)[C@H](CO)O[C@@H]2O)cc1. The molecule has 8 heteroatoms. The van der Waals surface area contributed by atoms with E-state index in [4.69, 9.17) is 23.7 Å². The van der Waals surface area contributed by atoms with Gasteiger partial charge in [-0.25, -0.2) is 0 Å². The Morgan fingerprint density at radius 3 is 2.13 bits per heavy atom. The second kappa shape index (κ2) is 11.2. The van der Waals surface area contributed by atoms with Gasteiger partial charge in [0.2, 0.25) is 0 Å². The van der Waals surface area contributed by atoms with Crippen LogP contribution in [0.3, 0.4) is 0 Å². The summed E-state index contributed by atoms with van der Waals surface area (Å²) < 4.78 is 28.0. The molecule has 0 spiro atoms. The molecule has 0 saturated carbocycles. The van der Waals surface area contributed by atoms with E-state index in [1.165, 1.54) is 6.92 Å². The fourth-order valence-corrected chi connectivity index (χ4v) is 3.42. The molecule has 2 aromatic rings. The van der Waals surface area contributed by atoms with E-state index in [0.29, 0.717) is 0 Å². The molecule has 1 saturated heterocycles. The van der Waals surface area contributed by atoms with Gasteiger partial charge in [-0.05, 0) is 23.3 Å². The topological polar surface area (TPSA) is 104 Å². The predicted octanol–water partition coefficient (Wildman–Crippen LogP) is 1.81. The van der Waals surface area contributed by atoms with Gasteiger partial charge in [0.05, 0.1) is 26.9 Å². The molecule has 31 heavy (non-hydrogen) atoms. The molecule has 1 aliphatic heterocycles. The first-order valence-corrected chi connectivity index (χ1v) is 10.0. The largest absolute Gasteiger partial charge is 0.497 e. The Balaban J connectivity index is 1.78. The number of carbonyl (C=O) groups is 1. The third kappa shape index (κ3) is 6.25. The van der Waals surface area contributed by atoms with E-state index in [1.54, 1.807) is 19.2 Å². The van der Waals surface area contributed by atoms with Crippen molar-refractivity contribution in [2.24, 2.45) is 0 Å². The molecule has 168 valence electrons. The third-order valence-electron chi connectivity index (χ3n) is 4.98. The monoisotopic (exact) mass is 432 g/mol. The summed E-state index contributed by atoms with van der Waals surface area (Å²) in [6.45, 7) is 1.18. The second-order valence-electron chi connectivity index (χ2n) is 7.21. The van der Waals surface area contributed by atoms with Crippen molar-refractivity contribution >= 4 is 5.97 Å². The number of hydrogen-bond donors (Lipinski definition) is 2. The maximum absolute atomic E-state index is 11.7. The molecule has 1 aliphatic rings. The summed E-state index contributed by atoms with van der Waals surface area (Å²) in [5.74, 6) is 0.167. The Bertz CT molecular complexity index is 810. The summed E-state index contributed by atoms with van der Waals surface area (Å²) >= 11 is 0. The van der Waals surface area contributed by atoms with Crippen LogP contribution in [0.15, 0.2) is 54.6 Å². The van der Waals surface area contributed by atoms with Crippen molar-refractivity contribution in [2.45, 2.75) is 50.8 Å². The van der Waals surface area contributed by atoms with Gasteiger partial charge >= 0.3 is 5.97 Å². The highest BCUT2D eigenvalue weighted by atomic mass is 16.7. The summed E-state index contributed by atoms with van der Waals surface area (Å²) in [6.07, 6.45) is -5.07. The molecule has 0 bridgehead atoms. The summed E-state index contributed by atoms with van der Waals surface area (Å²) in [6, 6.07) is 16.7. The third-order valence-corrected chi connectivity index (χ3v) is 4.98. The normalized spacial score (nSPS) is 25.7. The average molecular weight is 432 g/mol. The van der Waals surface area contributed by atoms with E-state index >= 15 is 0 Å². The van der Waals surface area contributed by atoms with Crippen molar-refractivity contribution in [2.75, 3.05) is 13.7 Å². The zero-order chi connectivity index (χ0) is 22.2. The number of carbonyl (C=O) groups excluding carboxylic acids is 1. The molecular weight excluding hydrogens is 404 g/mol. The van der Waals surface area contributed by atoms with Crippen LogP contribution in [0, 0.1) is 0 Å². The highest BCUT2D eigenvalue weighted by molar-refractivity contribution is 5.66. The van der Waals surface area contributed by atoms with Gasteiger partial charge in [-0.15, -0.1) is 0 Å². The van der Waals surface area contributed by atoms with Crippen LogP contribution in [0.2, 0.25) is 0 Å². The molecule has 1 heterocycles. The van der Waals surface area contributed by atoms with E-state index < -0.39 is 43.3 Å². The van der Waals surface area contributed by atoms with E-state index in [-0.39, 0.29) is 13.2 Å². The van der Waals surface area contributed by atoms with E-state index in [9.17, 15) is 15.0 Å². The van der Waals surface area contributed by atoms with Crippen LogP contribution in [0.1, 0.15) is 18.1 Å². The van der Waals surface area contributed by atoms with Crippen molar-refractivity contribution in [1.29, 1.82) is 0 Å². The van der Waals surface area contributed by atoms with Gasteiger partial charge in [-0.3, -0.25) is 4.79 Å². The molecule has 8 nitrogen and oxygen atoms in total. The molecule has 0 aliphatic carbocycles. The highest BCUT2D eigenvalue weighted by Crippen LogP contribution is 2.29. The van der Waals surface area contributed by atoms with Gasteiger partial charge in [0, 0.05) is 6.92 Å². The van der Waals surface area contributed by atoms with Crippen LogP contribution in [0.25, 0.3) is 0 Å². The quantitative estimate of drug-likeness (QED) is 0.579. The first-order valence-electron chi connectivity index (χ1n) is 10.0. The van der Waals surface area contributed by atoms with Gasteiger partial charge in [-0.2, -0.15) is 0 Å². The molecule has 0 unspecified atom stereocenters. The van der Waals surface area contributed by atoms with Crippen molar-refractivity contribution in [3.63, 3.8) is 0 Å². The van der Waals surface area contributed by atoms with Crippen molar-refractivity contribution in [3.8, 4) is 5.75 Å². The van der Waals surface area contributed by atoms with Crippen molar-refractivity contribution in [3.05, 3.63) is 65.7 Å². The number of aliphatic hydroxyl groups is 2. The Hall–Kier alpha value is -2.49. The lowest BCUT2D eigenvalue weighted by atomic mass is 9.98. The fraction of sp³-hybridized carbons (Fsp3) is 0.435. The number of benzene rings is 2. The number of aliphatic hydroxyl groups excluding tert-OH is 2. The maximum atomic E-state index is 11.7. The minimum Gasteiger partial charge on any atom is -0.497 e. The summed E-state index contributed by atoms with van der Waals surface area (Å²) in [7, 11) is 1.59. The van der Waals surface area contributed by atoms with Gasteiger partial charge in [0.15, 0.2) is 12.4 Å². The molecule has 0 amide bonds. The zero-order valence-electron chi connectivity index (χ0n) is 17.5. The zero-order valence-corrected chi connectivity index (χ0v) is 17.5. The van der Waals surface area contributed by atoms with Crippen LogP contribution in [-0.2, 0) is 37.0 Å².